The molecule has 4 rings (SSSR count). The van der Waals surface area contributed by atoms with Crippen molar-refractivity contribution < 1.29 is 4.79 Å². The summed E-state index contributed by atoms with van der Waals surface area (Å²) in [5.41, 5.74) is 2.20. The van der Waals surface area contributed by atoms with Crippen molar-refractivity contribution in [3.63, 3.8) is 0 Å². The van der Waals surface area contributed by atoms with Crippen LogP contribution in [0.2, 0.25) is 10.0 Å². The van der Waals surface area contributed by atoms with Crippen LogP contribution in [0.4, 0.5) is 5.69 Å². The quantitative estimate of drug-likeness (QED) is 0.714. The number of fused-ring (bicyclic) bond motifs is 2. The van der Waals surface area contributed by atoms with Gasteiger partial charge in [0.1, 0.15) is 0 Å². The van der Waals surface area contributed by atoms with E-state index in [9.17, 15) is 4.79 Å². The fraction of sp³-hybridized carbons (Fsp3) is 0.409. The molecular weight excluding hydrogens is 393 g/mol. The normalized spacial score (nSPS) is 24.1. The zero-order valence-corrected chi connectivity index (χ0v) is 17.2. The molecule has 0 radical (unpaired) electrons. The molecule has 2 heterocycles. The fourth-order valence-electron chi connectivity index (χ4n) is 4.48. The van der Waals surface area contributed by atoms with Crippen molar-refractivity contribution in [3.8, 4) is 0 Å². The molecule has 3 atom stereocenters. The summed E-state index contributed by atoms with van der Waals surface area (Å²) in [5, 5.41) is 7.84. The Morgan fingerprint density at radius 2 is 1.50 bits per heavy atom. The number of carbonyl (C=O) groups is 1. The molecule has 1 unspecified atom stereocenters. The summed E-state index contributed by atoms with van der Waals surface area (Å²) in [4.78, 5) is 15.0. The topological polar surface area (TPSA) is 44.4 Å². The third kappa shape index (κ3) is 4.80. The van der Waals surface area contributed by atoms with Gasteiger partial charge in [-0.2, -0.15) is 0 Å². The number of rotatable bonds is 6. The maximum Gasteiger partial charge on any atom is 0.239 e. The Kier molecular flexibility index (Phi) is 6.10. The Labute approximate surface area is 176 Å². The lowest BCUT2D eigenvalue weighted by Gasteiger charge is -2.39. The molecule has 6 heteroatoms. The molecule has 0 aliphatic carbocycles. The molecule has 0 spiro atoms. The first-order valence-electron chi connectivity index (χ1n) is 9.86. The Bertz CT molecular complexity index is 796. The number of halogens is 2. The van der Waals surface area contributed by atoms with Gasteiger partial charge in [-0.1, -0.05) is 35.3 Å². The highest BCUT2D eigenvalue weighted by atomic mass is 35.5. The van der Waals surface area contributed by atoms with Crippen molar-refractivity contribution in [3.05, 3.63) is 64.1 Å². The first kappa shape index (κ1) is 19.6. The number of nitrogens with zero attached hydrogens (tertiary/aromatic N) is 1. The van der Waals surface area contributed by atoms with Gasteiger partial charge in [0.05, 0.1) is 6.54 Å². The monoisotopic (exact) mass is 417 g/mol. The van der Waals surface area contributed by atoms with E-state index in [0.29, 0.717) is 17.1 Å². The number of carbonyl (C=O) groups excluding carboxylic acids is 1. The second-order valence-corrected chi connectivity index (χ2v) is 8.65. The van der Waals surface area contributed by atoms with Gasteiger partial charge in [0.25, 0.3) is 0 Å². The summed E-state index contributed by atoms with van der Waals surface area (Å²) in [6.07, 6.45) is 4.48. The summed E-state index contributed by atoms with van der Waals surface area (Å²) in [6, 6.07) is 16.9. The second kappa shape index (κ2) is 8.73. The van der Waals surface area contributed by atoms with Crippen molar-refractivity contribution in [2.45, 2.75) is 50.4 Å². The first-order valence-corrected chi connectivity index (χ1v) is 10.6. The molecule has 2 N–H and O–H groups in total. The van der Waals surface area contributed by atoms with Crippen LogP contribution >= 0.6 is 23.2 Å². The highest BCUT2D eigenvalue weighted by Crippen LogP contribution is 2.37. The minimum Gasteiger partial charge on any atom is -0.376 e. The van der Waals surface area contributed by atoms with Crippen molar-refractivity contribution in [1.82, 2.24) is 10.2 Å². The molecule has 148 valence electrons. The van der Waals surface area contributed by atoms with Crippen molar-refractivity contribution in [2.24, 2.45) is 0 Å². The third-order valence-electron chi connectivity index (χ3n) is 5.83. The molecule has 2 aromatic carbocycles. The number of hydrogen-bond donors (Lipinski definition) is 2. The maximum absolute atomic E-state index is 12.4. The van der Waals surface area contributed by atoms with E-state index >= 15 is 0 Å². The van der Waals surface area contributed by atoms with Crippen molar-refractivity contribution >= 4 is 34.8 Å². The van der Waals surface area contributed by atoms with Crippen LogP contribution in [0.5, 0.6) is 0 Å². The van der Waals surface area contributed by atoms with Crippen LogP contribution in [0, 0.1) is 0 Å². The zero-order chi connectivity index (χ0) is 19.5. The summed E-state index contributed by atoms with van der Waals surface area (Å²) in [5.74, 6) is 0.0468. The average Bonchev–Trinajstić information content (AvgIpc) is 2.91. The predicted octanol–water partition coefficient (Wildman–Crippen LogP) is 4.72. The Balaban J connectivity index is 1.27. The van der Waals surface area contributed by atoms with Gasteiger partial charge in [-0.05, 0) is 67.6 Å². The summed E-state index contributed by atoms with van der Waals surface area (Å²) in [7, 11) is 0. The minimum absolute atomic E-state index is 0.0468. The number of benzene rings is 2. The lowest BCUT2D eigenvalue weighted by molar-refractivity contribution is -0.120. The van der Waals surface area contributed by atoms with E-state index in [-0.39, 0.29) is 18.5 Å². The van der Waals surface area contributed by atoms with Crippen molar-refractivity contribution in [2.75, 3.05) is 11.9 Å². The molecule has 28 heavy (non-hydrogen) atoms. The highest BCUT2D eigenvalue weighted by molar-refractivity contribution is 6.30. The van der Waals surface area contributed by atoms with Gasteiger partial charge in [0.15, 0.2) is 0 Å². The van der Waals surface area contributed by atoms with Crippen LogP contribution in [0.3, 0.4) is 0 Å². The van der Waals surface area contributed by atoms with E-state index in [1.165, 1.54) is 18.4 Å². The number of anilines is 1. The van der Waals surface area contributed by atoms with Gasteiger partial charge < -0.3 is 10.6 Å². The van der Waals surface area contributed by atoms with Crippen LogP contribution in [-0.4, -0.2) is 35.5 Å². The molecule has 2 fully saturated rings. The molecule has 0 aromatic heterocycles. The Morgan fingerprint density at radius 3 is 2.11 bits per heavy atom. The number of piperidine rings is 1. The van der Waals surface area contributed by atoms with Gasteiger partial charge >= 0.3 is 0 Å². The van der Waals surface area contributed by atoms with Crippen LogP contribution in [0.1, 0.15) is 31.2 Å². The average molecular weight is 418 g/mol. The second-order valence-electron chi connectivity index (χ2n) is 7.78. The molecule has 4 nitrogen and oxygen atoms in total. The van der Waals surface area contributed by atoms with E-state index in [1.54, 1.807) is 0 Å². The van der Waals surface area contributed by atoms with Crippen LogP contribution in [0.25, 0.3) is 0 Å². The molecule has 2 aromatic rings. The smallest absolute Gasteiger partial charge is 0.239 e. The molecule has 1 amide bonds. The van der Waals surface area contributed by atoms with Gasteiger partial charge in [0, 0.05) is 40.4 Å². The molecule has 2 saturated heterocycles. The van der Waals surface area contributed by atoms with Gasteiger partial charge in [-0.25, -0.2) is 0 Å². The van der Waals surface area contributed by atoms with E-state index in [1.807, 2.05) is 36.4 Å². The van der Waals surface area contributed by atoms with Crippen molar-refractivity contribution in [1.29, 1.82) is 0 Å². The van der Waals surface area contributed by atoms with Crippen LogP contribution in [0.15, 0.2) is 48.5 Å². The van der Waals surface area contributed by atoms with E-state index < -0.39 is 0 Å². The maximum atomic E-state index is 12.4. The largest absolute Gasteiger partial charge is 0.376 e. The third-order valence-corrected chi connectivity index (χ3v) is 6.33. The lowest BCUT2D eigenvalue weighted by atomic mass is 9.96. The number of hydrogen-bond acceptors (Lipinski definition) is 3. The molecule has 2 bridgehead atoms. The Morgan fingerprint density at radius 1 is 0.929 bits per heavy atom. The zero-order valence-electron chi connectivity index (χ0n) is 15.7. The SMILES string of the molecule is O=C(CNc1ccc(Cl)cc1)NC1C[C@H]2CC[C@@H](C1)N2Cc1ccc(Cl)cc1. The van der Waals surface area contributed by atoms with Gasteiger partial charge in [0.2, 0.25) is 5.91 Å². The predicted molar refractivity (Wildman–Crippen MR) is 115 cm³/mol. The fourth-order valence-corrected chi connectivity index (χ4v) is 4.73. The Hall–Kier alpha value is -1.75. The molecule has 0 saturated carbocycles. The molecule has 2 aliphatic rings. The molecule has 2 aliphatic heterocycles. The summed E-state index contributed by atoms with van der Waals surface area (Å²) in [6.45, 7) is 1.24. The van der Waals surface area contributed by atoms with Crippen LogP contribution < -0.4 is 10.6 Å². The van der Waals surface area contributed by atoms with E-state index in [0.717, 1.165) is 30.1 Å². The van der Waals surface area contributed by atoms with Gasteiger partial charge in [-0.15, -0.1) is 0 Å². The standard InChI is InChI=1S/C22H25Cl2N3O/c23-16-3-1-15(2-4-16)14-27-20-9-10-21(27)12-19(11-20)26-22(28)13-25-18-7-5-17(24)6-8-18/h1-8,19-21,25H,9-14H2,(H,26,28)/t19?,20-,21+. The van der Waals surface area contributed by atoms with Gasteiger partial charge in [-0.3, -0.25) is 9.69 Å². The van der Waals surface area contributed by atoms with E-state index in [4.69, 9.17) is 23.2 Å². The van der Waals surface area contributed by atoms with E-state index in [2.05, 4.69) is 27.7 Å². The number of nitrogens with one attached hydrogen (secondary N) is 2. The number of amides is 1. The lowest BCUT2D eigenvalue weighted by Crippen LogP contribution is -2.50. The summed E-state index contributed by atoms with van der Waals surface area (Å²) < 4.78 is 0. The first-order chi connectivity index (χ1) is 13.6. The summed E-state index contributed by atoms with van der Waals surface area (Å²) >= 11 is 11.9. The molecular formula is C22H25Cl2N3O. The van der Waals surface area contributed by atoms with Crippen LogP contribution in [-0.2, 0) is 11.3 Å². The minimum atomic E-state index is 0.0468. The highest BCUT2D eigenvalue weighted by Gasteiger charge is 2.40.